The second-order valence-electron chi connectivity index (χ2n) is 4.18. The molecule has 0 atom stereocenters. The lowest BCUT2D eigenvalue weighted by Crippen LogP contribution is -2.24. The van der Waals surface area contributed by atoms with Gasteiger partial charge in [0.2, 0.25) is 5.91 Å². The number of nitrogens with one attached hydrogen (secondary N) is 2. The summed E-state index contributed by atoms with van der Waals surface area (Å²) in [5.74, 6) is -0.166. The predicted octanol–water partition coefficient (Wildman–Crippen LogP) is 2.66. The Morgan fingerprint density at radius 1 is 1.35 bits per heavy atom. The fraction of sp³-hybridized carbons (Fsp3) is 0.308. The highest BCUT2D eigenvalue weighted by atomic mass is 32.1. The van der Waals surface area contributed by atoms with Crippen molar-refractivity contribution < 1.29 is 9.59 Å². The Bertz CT molecular complexity index is 578. The lowest BCUT2D eigenvalue weighted by atomic mass is 10.3. The molecule has 0 fully saturated rings. The summed E-state index contributed by atoms with van der Waals surface area (Å²) >= 11 is 2.81. The summed E-state index contributed by atoms with van der Waals surface area (Å²) in [6, 6.07) is 3.61. The van der Waals surface area contributed by atoms with Crippen molar-refractivity contribution in [1.29, 1.82) is 0 Å². The van der Waals surface area contributed by atoms with Crippen LogP contribution in [0.2, 0.25) is 0 Å². The van der Waals surface area contributed by atoms with Gasteiger partial charge in [0.15, 0.2) is 5.13 Å². The van der Waals surface area contributed by atoms with Crippen LogP contribution in [0.3, 0.4) is 0 Å². The molecule has 2 aromatic rings. The molecule has 0 unspecified atom stereocenters. The fourth-order valence-electron chi connectivity index (χ4n) is 1.54. The topological polar surface area (TPSA) is 71.1 Å². The van der Waals surface area contributed by atoms with E-state index in [1.165, 1.54) is 22.7 Å². The number of rotatable bonds is 6. The number of hydrogen-bond acceptors (Lipinski definition) is 5. The van der Waals surface area contributed by atoms with Crippen LogP contribution in [0.5, 0.6) is 0 Å². The number of thiophene rings is 1. The van der Waals surface area contributed by atoms with Gasteiger partial charge in [0, 0.05) is 18.3 Å². The lowest BCUT2D eigenvalue weighted by Gasteiger charge is -2.03. The van der Waals surface area contributed by atoms with E-state index < -0.39 is 0 Å². The van der Waals surface area contributed by atoms with Crippen molar-refractivity contribution in [2.24, 2.45) is 0 Å². The Balaban J connectivity index is 1.63. The number of nitrogens with zero attached hydrogens (tertiary/aromatic N) is 1. The van der Waals surface area contributed by atoms with E-state index in [0.29, 0.717) is 29.4 Å². The molecule has 5 nitrogen and oxygen atoms in total. The molecule has 2 rings (SSSR count). The highest BCUT2D eigenvalue weighted by Crippen LogP contribution is 2.14. The quantitative estimate of drug-likeness (QED) is 0.806. The minimum atomic E-state index is -0.0871. The van der Waals surface area contributed by atoms with Crippen LogP contribution in [0.1, 0.15) is 28.2 Å². The molecule has 0 aliphatic heterocycles. The van der Waals surface area contributed by atoms with Gasteiger partial charge < -0.3 is 10.6 Å². The summed E-state index contributed by atoms with van der Waals surface area (Å²) < 4.78 is 0. The Hall–Kier alpha value is -1.73. The Morgan fingerprint density at radius 2 is 2.20 bits per heavy atom. The summed E-state index contributed by atoms with van der Waals surface area (Å²) in [6.45, 7) is 2.37. The van der Waals surface area contributed by atoms with Crippen molar-refractivity contribution in [2.45, 2.75) is 19.8 Å². The normalized spacial score (nSPS) is 10.2. The van der Waals surface area contributed by atoms with Crippen molar-refractivity contribution in [3.8, 4) is 0 Å². The van der Waals surface area contributed by atoms with E-state index in [1.54, 1.807) is 6.07 Å². The number of carbonyl (C=O) groups is 2. The average Bonchev–Trinajstić information content (AvgIpc) is 3.06. The summed E-state index contributed by atoms with van der Waals surface area (Å²) in [4.78, 5) is 28.1. The smallest absolute Gasteiger partial charge is 0.261 e. The maximum atomic E-state index is 11.6. The minimum Gasteiger partial charge on any atom is -0.351 e. The third-order valence-electron chi connectivity index (χ3n) is 2.48. The van der Waals surface area contributed by atoms with Crippen LogP contribution in [-0.4, -0.2) is 23.3 Å². The van der Waals surface area contributed by atoms with Gasteiger partial charge >= 0.3 is 0 Å². The maximum Gasteiger partial charge on any atom is 0.261 e. The third-order valence-corrected chi connectivity index (χ3v) is 4.22. The van der Waals surface area contributed by atoms with Gasteiger partial charge in [-0.3, -0.25) is 9.59 Å². The first-order valence-corrected chi connectivity index (χ1v) is 7.95. The second kappa shape index (κ2) is 7.16. The van der Waals surface area contributed by atoms with E-state index in [2.05, 4.69) is 15.6 Å². The lowest BCUT2D eigenvalue weighted by molar-refractivity contribution is -0.116. The predicted molar refractivity (Wildman–Crippen MR) is 81.4 cm³/mol. The number of thiazole rings is 1. The molecule has 2 heterocycles. The summed E-state index contributed by atoms with van der Waals surface area (Å²) in [5.41, 5.74) is 0.897. The zero-order valence-electron chi connectivity index (χ0n) is 11.0. The zero-order chi connectivity index (χ0) is 14.4. The Kier molecular flexibility index (Phi) is 5.25. The van der Waals surface area contributed by atoms with Gasteiger partial charge in [-0.05, 0) is 24.8 Å². The molecule has 106 valence electrons. The van der Waals surface area contributed by atoms with Gasteiger partial charge in [0.25, 0.3) is 5.91 Å². The molecule has 0 aliphatic rings. The third kappa shape index (κ3) is 4.43. The van der Waals surface area contributed by atoms with E-state index in [9.17, 15) is 9.59 Å². The Labute approximate surface area is 125 Å². The maximum absolute atomic E-state index is 11.6. The number of hydrogen-bond donors (Lipinski definition) is 2. The summed E-state index contributed by atoms with van der Waals surface area (Å²) in [5, 5.41) is 9.89. The zero-order valence-corrected chi connectivity index (χ0v) is 12.6. The van der Waals surface area contributed by atoms with Crippen LogP contribution in [-0.2, 0) is 4.79 Å². The first-order valence-electron chi connectivity index (χ1n) is 6.19. The van der Waals surface area contributed by atoms with E-state index in [4.69, 9.17) is 0 Å². The number of carbonyl (C=O) groups excluding carboxylic acids is 2. The van der Waals surface area contributed by atoms with Crippen LogP contribution >= 0.6 is 22.7 Å². The first kappa shape index (κ1) is 14.7. The number of aromatic nitrogens is 1. The van der Waals surface area contributed by atoms with Gasteiger partial charge in [-0.25, -0.2) is 4.98 Å². The molecule has 2 aromatic heterocycles. The summed E-state index contributed by atoms with van der Waals surface area (Å²) in [6.07, 6.45) is 0.969. The molecule has 0 radical (unpaired) electrons. The molecule has 0 aliphatic carbocycles. The molecule has 0 spiro atoms. The van der Waals surface area contributed by atoms with Gasteiger partial charge in [-0.1, -0.05) is 6.07 Å². The molecule has 7 heteroatoms. The molecular weight excluding hydrogens is 294 g/mol. The molecule has 0 saturated carbocycles. The minimum absolute atomic E-state index is 0.0790. The average molecular weight is 309 g/mol. The van der Waals surface area contributed by atoms with Crippen molar-refractivity contribution in [1.82, 2.24) is 10.3 Å². The Morgan fingerprint density at radius 3 is 2.85 bits per heavy atom. The van der Waals surface area contributed by atoms with Crippen LogP contribution in [0.15, 0.2) is 22.9 Å². The van der Waals surface area contributed by atoms with Crippen molar-refractivity contribution >= 4 is 39.6 Å². The second-order valence-corrected chi connectivity index (χ2v) is 5.98. The highest BCUT2D eigenvalue weighted by Gasteiger charge is 2.07. The van der Waals surface area contributed by atoms with Crippen LogP contribution < -0.4 is 10.6 Å². The molecule has 0 bridgehead atoms. The van der Waals surface area contributed by atoms with E-state index in [-0.39, 0.29) is 11.8 Å². The highest BCUT2D eigenvalue weighted by molar-refractivity contribution is 7.14. The largest absolute Gasteiger partial charge is 0.351 e. The van der Waals surface area contributed by atoms with E-state index >= 15 is 0 Å². The molecule has 2 N–H and O–H groups in total. The monoisotopic (exact) mass is 309 g/mol. The molecular formula is C13H15N3O2S2. The SMILES string of the molecule is Cc1csc(NC(=O)CCCNC(=O)c2cccs2)n1. The van der Waals surface area contributed by atoms with Crippen molar-refractivity contribution in [3.05, 3.63) is 33.5 Å². The van der Waals surface area contributed by atoms with Gasteiger partial charge in [0.1, 0.15) is 0 Å². The van der Waals surface area contributed by atoms with Crippen molar-refractivity contribution in [3.63, 3.8) is 0 Å². The fourth-order valence-corrected chi connectivity index (χ4v) is 2.88. The van der Waals surface area contributed by atoms with Crippen LogP contribution in [0.25, 0.3) is 0 Å². The van der Waals surface area contributed by atoms with Gasteiger partial charge in [-0.15, -0.1) is 22.7 Å². The van der Waals surface area contributed by atoms with Gasteiger partial charge in [-0.2, -0.15) is 0 Å². The molecule has 20 heavy (non-hydrogen) atoms. The number of anilines is 1. The van der Waals surface area contributed by atoms with Gasteiger partial charge in [0.05, 0.1) is 10.6 Å². The number of aryl methyl sites for hydroxylation is 1. The van der Waals surface area contributed by atoms with Crippen LogP contribution in [0.4, 0.5) is 5.13 Å². The molecule has 2 amide bonds. The summed E-state index contributed by atoms with van der Waals surface area (Å²) in [7, 11) is 0. The van der Waals surface area contributed by atoms with E-state index in [0.717, 1.165) is 5.69 Å². The molecule has 0 saturated heterocycles. The number of amides is 2. The van der Waals surface area contributed by atoms with Crippen molar-refractivity contribution in [2.75, 3.05) is 11.9 Å². The van der Waals surface area contributed by atoms with Crippen LogP contribution in [0, 0.1) is 6.92 Å². The van der Waals surface area contributed by atoms with E-state index in [1.807, 2.05) is 23.8 Å². The standard InChI is InChI=1S/C13H15N3O2S2/c1-9-8-20-13(15-9)16-11(17)5-2-6-14-12(18)10-4-3-7-19-10/h3-4,7-8H,2,5-6H2,1H3,(H,14,18)(H,15,16,17). The first-order chi connectivity index (χ1) is 9.65. The molecule has 0 aromatic carbocycles.